The Morgan fingerprint density at radius 2 is 1.59 bits per heavy atom. The van der Waals surface area contributed by atoms with Gasteiger partial charge >= 0.3 is 12.1 Å². The number of hydrogen-bond acceptors (Lipinski definition) is 3. The lowest BCUT2D eigenvalue weighted by molar-refractivity contribution is -0.143. The largest absolute Gasteiger partial charge is 0.480 e. The fourth-order valence-corrected chi connectivity index (χ4v) is 2.64. The number of carboxylic acid groups (broad SMARTS) is 1. The monoisotopic (exact) mass is 389 g/mol. The number of rotatable bonds is 11. The second-order valence-electron chi connectivity index (χ2n) is 6.48. The highest BCUT2D eigenvalue weighted by atomic mass is 19.4. The van der Waals surface area contributed by atoms with E-state index in [4.69, 9.17) is 0 Å². The van der Waals surface area contributed by atoms with Crippen LogP contribution in [0.3, 0.4) is 0 Å². The van der Waals surface area contributed by atoms with Gasteiger partial charge in [-0.2, -0.15) is 13.2 Å². The van der Waals surface area contributed by atoms with Crippen LogP contribution in [0.15, 0.2) is 24.3 Å². The van der Waals surface area contributed by atoms with Gasteiger partial charge in [0.15, 0.2) is 6.10 Å². The van der Waals surface area contributed by atoms with Crippen LogP contribution in [0.5, 0.6) is 0 Å². The number of carbonyl (C=O) groups is 2. The van der Waals surface area contributed by atoms with Crippen molar-refractivity contribution < 1.29 is 33.0 Å². The average Bonchev–Trinajstić information content (AvgIpc) is 2.62. The molecule has 1 amide bonds. The fraction of sp³-hybridized carbons (Fsp3) is 0.579. The Morgan fingerprint density at radius 3 is 2.11 bits per heavy atom. The standard InChI is InChI=1S/C19H26F3NO4/c1-2-3-4-5-6-7-8-15(18(26)27)23-17(25)16(24)13-9-11-14(12-10-13)19(20,21)22/h9-12,15-16,24H,2-8H2,1H3,(H,23,25)(H,26,27)/t15-,16+/m1/s1. The predicted molar refractivity (Wildman–Crippen MR) is 94.0 cm³/mol. The van der Waals surface area contributed by atoms with Gasteiger partial charge < -0.3 is 15.5 Å². The van der Waals surface area contributed by atoms with E-state index in [1.165, 1.54) is 0 Å². The molecule has 0 aliphatic rings. The molecule has 5 nitrogen and oxygen atoms in total. The maximum absolute atomic E-state index is 12.5. The number of carbonyl (C=O) groups excluding carboxylic acids is 1. The first kappa shape index (κ1) is 23.0. The molecule has 0 aliphatic carbocycles. The summed E-state index contributed by atoms with van der Waals surface area (Å²) in [6.45, 7) is 2.10. The molecule has 1 rings (SSSR count). The number of carboxylic acids is 1. The minimum absolute atomic E-state index is 0.0378. The summed E-state index contributed by atoms with van der Waals surface area (Å²) in [4.78, 5) is 23.4. The van der Waals surface area contributed by atoms with Gasteiger partial charge in [0.1, 0.15) is 6.04 Å². The van der Waals surface area contributed by atoms with E-state index < -0.39 is 35.8 Å². The Hall–Kier alpha value is -2.09. The Morgan fingerprint density at radius 1 is 1.04 bits per heavy atom. The molecule has 1 aromatic rings. The number of alkyl halides is 3. The van der Waals surface area contributed by atoms with Crippen molar-refractivity contribution in [3.63, 3.8) is 0 Å². The quantitative estimate of drug-likeness (QED) is 0.498. The number of aliphatic hydroxyl groups excluding tert-OH is 1. The molecule has 8 heteroatoms. The van der Waals surface area contributed by atoms with Gasteiger partial charge in [-0.15, -0.1) is 0 Å². The number of nitrogens with one attached hydrogen (secondary N) is 1. The summed E-state index contributed by atoms with van der Waals surface area (Å²) < 4.78 is 37.6. The number of hydrogen-bond donors (Lipinski definition) is 3. The highest BCUT2D eigenvalue weighted by Crippen LogP contribution is 2.30. The molecule has 0 spiro atoms. The second-order valence-corrected chi connectivity index (χ2v) is 6.48. The Kier molecular flexibility index (Phi) is 9.28. The van der Waals surface area contributed by atoms with E-state index in [0.29, 0.717) is 6.42 Å². The van der Waals surface area contributed by atoms with E-state index in [9.17, 15) is 33.0 Å². The first-order valence-corrected chi connectivity index (χ1v) is 9.05. The van der Waals surface area contributed by atoms with Crippen molar-refractivity contribution in [2.75, 3.05) is 0 Å². The molecule has 3 N–H and O–H groups in total. The molecule has 27 heavy (non-hydrogen) atoms. The molecule has 0 unspecified atom stereocenters. The third kappa shape index (κ3) is 7.99. The summed E-state index contributed by atoms with van der Waals surface area (Å²) in [5.41, 5.74) is -0.936. The van der Waals surface area contributed by atoms with Crippen LogP contribution >= 0.6 is 0 Å². The Labute approximate surface area is 156 Å². The topological polar surface area (TPSA) is 86.6 Å². The maximum Gasteiger partial charge on any atom is 0.416 e. The molecule has 0 heterocycles. The van der Waals surface area contributed by atoms with E-state index in [2.05, 4.69) is 12.2 Å². The highest BCUT2D eigenvalue weighted by molar-refractivity contribution is 5.86. The zero-order valence-electron chi connectivity index (χ0n) is 15.3. The Balaban J connectivity index is 2.58. The zero-order chi connectivity index (χ0) is 20.4. The summed E-state index contributed by atoms with van der Waals surface area (Å²) in [5, 5.41) is 21.5. The van der Waals surface area contributed by atoms with Crippen LogP contribution in [0.2, 0.25) is 0 Å². The molecule has 1 aromatic carbocycles. The lowest BCUT2D eigenvalue weighted by atomic mass is 10.0. The van der Waals surface area contributed by atoms with E-state index in [1.807, 2.05) is 0 Å². The molecule has 0 aromatic heterocycles. The molecule has 2 atom stereocenters. The number of aliphatic hydroxyl groups is 1. The van der Waals surface area contributed by atoms with Crippen molar-refractivity contribution in [1.82, 2.24) is 5.32 Å². The number of unbranched alkanes of at least 4 members (excludes halogenated alkanes) is 5. The highest BCUT2D eigenvalue weighted by Gasteiger charge is 2.31. The van der Waals surface area contributed by atoms with Gasteiger partial charge in [0.25, 0.3) is 5.91 Å². The van der Waals surface area contributed by atoms with Gasteiger partial charge in [0.2, 0.25) is 0 Å². The minimum Gasteiger partial charge on any atom is -0.480 e. The summed E-state index contributed by atoms with van der Waals surface area (Å²) in [7, 11) is 0. The SMILES string of the molecule is CCCCCCCC[C@@H](NC(=O)[C@@H](O)c1ccc(C(F)(F)F)cc1)C(=O)O. The van der Waals surface area contributed by atoms with Crippen molar-refractivity contribution in [2.45, 2.75) is 70.2 Å². The van der Waals surface area contributed by atoms with E-state index in [-0.39, 0.29) is 12.0 Å². The van der Waals surface area contributed by atoms with Crippen molar-refractivity contribution in [3.8, 4) is 0 Å². The lowest BCUT2D eigenvalue weighted by Gasteiger charge is -2.18. The normalized spacial score (nSPS) is 13.8. The molecular formula is C19H26F3NO4. The zero-order valence-corrected chi connectivity index (χ0v) is 15.3. The molecular weight excluding hydrogens is 363 g/mol. The van der Waals surface area contributed by atoms with E-state index in [1.54, 1.807) is 0 Å². The summed E-state index contributed by atoms with van der Waals surface area (Å²) in [6.07, 6.45) is -0.259. The van der Waals surface area contributed by atoms with Crippen molar-refractivity contribution >= 4 is 11.9 Å². The predicted octanol–water partition coefficient (Wildman–Crippen LogP) is 4.06. The van der Waals surface area contributed by atoms with Crippen LogP contribution in [0.4, 0.5) is 13.2 Å². The molecule has 152 valence electrons. The van der Waals surface area contributed by atoms with E-state index in [0.717, 1.165) is 56.4 Å². The molecule has 0 saturated carbocycles. The van der Waals surface area contributed by atoms with Gasteiger partial charge in [-0.25, -0.2) is 4.79 Å². The van der Waals surface area contributed by atoms with Crippen molar-refractivity contribution in [2.24, 2.45) is 0 Å². The third-order valence-corrected chi connectivity index (χ3v) is 4.26. The van der Waals surface area contributed by atoms with Crippen LogP contribution in [-0.2, 0) is 15.8 Å². The maximum atomic E-state index is 12.5. The number of halogens is 3. The van der Waals surface area contributed by atoms with Crippen LogP contribution in [0, 0.1) is 0 Å². The first-order valence-electron chi connectivity index (χ1n) is 9.05. The average molecular weight is 389 g/mol. The molecule has 0 saturated heterocycles. The fourth-order valence-electron chi connectivity index (χ4n) is 2.64. The van der Waals surface area contributed by atoms with E-state index >= 15 is 0 Å². The van der Waals surface area contributed by atoms with Crippen molar-refractivity contribution in [3.05, 3.63) is 35.4 Å². The molecule has 0 radical (unpaired) electrons. The number of amides is 1. The molecule has 0 fully saturated rings. The smallest absolute Gasteiger partial charge is 0.416 e. The minimum atomic E-state index is -4.52. The first-order chi connectivity index (χ1) is 12.7. The van der Waals surface area contributed by atoms with Crippen LogP contribution in [-0.4, -0.2) is 28.1 Å². The summed E-state index contributed by atoms with van der Waals surface area (Å²) >= 11 is 0. The van der Waals surface area contributed by atoms with Gasteiger partial charge in [-0.3, -0.25) is 4.79 Å². The number of aliphatic carboxylic acids is 1. The third-order valence-electron chi connectivity index (χ3n) is 4.26. The number of benzene rings is 1. The van der Waals surface area contributed by atoms with Crippen molar-refractivity contribution in [1.29, 1.82) is 0 Å². The summed E-state index contributed by atoms with van der Waals surface area (Å²) in [6, 6.07) is 2.37. The van der Waals surface area contributed by atoms with Gasteiger partial charge in [0, 0.05) is 0 Å². The summed E-state index contributed by atoms with van der Waals surface area (Å²) in [5.74, 6) is -2.16. The van der Waals surface area contributed by atoms with Gasteiger partial charge in [-0.1, -0.05) is 57.6 Å². The lowest BCUT2D eigenvalue weighted by Crippen LogP contribution is -2.43. The van der Waals surface area contributed by atoms with Crippen LogP contribution in [0.1, 0.15) is 69.1 Å². The van der Waals surface area contributed by atoms with Crippen LogP contribution in [0.25, 0.3) is 0 Å². The van der Waals surface area contributed by atoms with Crippen LogP contribution < -0.4 is 5.32 Å². The van der Waals surface area contributed by atoms with Gasteiger partial charge in [-0.05, 0) is 24.1 Å². The van der Waals surface area contributed by atoms with Gasteiger partial charge in [0.05, 0.1) is 5.56 Å². The molecule has 0 bridgehead atoms. The Bertz CT molecular complexity index is 602. The second kappa shape index (κ2) is 10.9. The molecule has 0 aliphatic heterocycles.